The molecule has 1 aliphatic rings. The molecule has 0 spiro atoms. The van der Waals surface area contributed by atoms with Gasteiger partial charge in [0, 0.05) is 34.9 Å². The van der Waals surface area contributed by atoms with Gasteiger partial charge in [-0.15, -0.1) is 0 Å². The number of nitrogens with zero attached hydrogens (tertiary/aromatic N) is 3. The van der Waals surface area contributed by atoms with E-state index in [1.54, 1.807) is 28.6 Å². The Morgan fingerprint density at radius 1 is 1.05 bits per heavy atom. The molecule has 0 aliphatic carbocycles. The molecular formula is C28H26BrFN4O4S. The molecular weight excluding hydrogens is 587 g/mol. The second-order valence-electron chi connectivity index (χ2n) is 9.16. The predicted octanol–water partition coefficient (Wildman–Crippen LogP) is 5.16. The van der Waals surface area contributed by atoms with Crippen LogP contribution in [-0.2, 0) is 33.8 Å². The van der Waals surface area contributed by atoms with Crippen LogP contribution in [0.15, 0.2) is 83.5 Å². The molecule has 202 valence electrons. The number of carbonyl (C=O) groups is 1. The summed E-state index contributed by atoms with van der Waals surface area (Å²) in [7, 11) is 0. The van der Waals surface area contributed by atoms with E-state index < -0.39 is 23.6 Å². The highest BCUT2D eigenvalue weighted by molar-refractivity contribution is 9.10. The van der Waals surface area contributed by atoms with E-state index in [0.717, 1.165) is 21.3 Å². The standard InChI is InChI=1S/C28H26BrFN4O4S/c1-18-27(35)33(15-14-19-2-4-20(5-3-19)16-31-39(36)37)28(38-18)25-17-34(24-12-8-22(29)9-13-24)32-26(25)21-6-10-23(30)11-7-21/h2-13,17-18,28,31H,14-16H2,1H3,(H,36,37). The van der Waals surface area contributed by atoms with Gasteiger partial charge in [0.1, 0.15) is 17.6 Å². The Morgan fingerprint density at radius 2 is 1.72 bits per heavy atom. The van der Waals surface area contributed by atoms with Gasteiger partial charge in [0.25, 0.3) is 5.91 Å². The van der Waals surface area contributed by atoms with Crippen molar-refractivity contribution < 1.29 is 22.7 Å². The van der Waals surface area contributed by atoms with Crippen molar-refractivity contribution in [1.29, 1.82) is 0 Å². The first-order valence-corrected chi connectivity index (χ1v) is 14.2. The minimum Gasteiger partial charge on any atom is -0.341 e. The molecule has 1 aliphatic heterocycles. The molecule has 3 aromatic carbocycles. The molecule has 0 saturated carbocycles. The highest BCUT2D eigenvalue weighted by Gasteiger charge is 2.40. The van der Waals surface area contributed by atoms with Crippen LogP contribution in [0.25, 0.3) is 16.9 Å². The molecule has 4 aromatic rings. The fraction of sp³-hybridized carbons (Fsp3) is 0.214. The number of amides is 1. The third kappa shape index (κ3) is 6.34. The van der Waals surface area contributed by atoms with Gasteiger partial charge in [-0.2, -0.15) is 5.10 Å². The average molecular weight is 614 g/mol. The fourth-order valence-electron chi connectivity index (χ4n) is 4.49. The molecule has 0 radical (unpaired) electrons. The summed E-state index contributed by atoms with van der Waals surface area (Å²) in [5.41, 5.74) is 4.74. The van der Waals surface area contributed by atoms with Gasteiger partial charge < -0.3 is 9.64 Å². The molecule has 0 bridgehead atoms. The zero-order chi connectivity index (χ0) is 27.5. The van der Waals surface area contributed by atoms with E-state index in [9.17, 15) is 13.4 Å². The first-order valence-electron chi connectivity index (χ1n) is 12.3. The second-order valence-corrected chi connectivity index (χ2v) is 10.9. The summed E-state index contributed by atoms with van der Waals surface area (Å²) in [5.74, 6) is -0.464. The Kier molecular flexibility index (Phi) is 8.34. The quantitative estimate of drug-likeness (QED) is 0.255. The van der Waals surface area contributed by atoms with Crippen molar-refractivity contribution in [3.63, 3.8) is 0 Å². The SMILES string of the molecule is CC1OC(c2cn(-c3ccc(Br)cc3)nc2-c2ccc(F)cc2)N(CCc2ccc(CNS(=O)O)cc2)C1=O. The maximum atomic E-state index is 13.7. The molecule has 1 amide bonds. The van der Waals surface area contributed by atoms with Crippen molar-refractivity contribution in [2.45, 2.75) is 32.2 Å². The van der Waals surface area contributed by atoms with Crippen LogP contribution < -0.4 is 4.72 Å². The third-order valence-corrected chi connectivity index (χ3v) is 7.45. The number of hydrogen-bond donors (Lipinski definition) is 2. The summed E-state index contributed by atoms with van der Waals surface area (Å²) in [6.45, 7) is 2.42. The number of nitrogens with one attached hydrogen (secondary N) is 1. The number of halogens is 2. The zero-order valence-electron chi connectivity index (χ0n) is 21.0. The second kappa shape index (κ2) is 11.9. The largest absolute Gasteiger partial charge is 0.341 e. The summed E-state index contributed by atoms with van der Waals surface area (Å²) < 4.78 is 44.8. The molecule has 1 saturated heterocycles. The number of hydrogen-bond acceptors (Lipinski definition) is 4. The van der Waals surface area contributed by atoms with Gasteiger partial charge in [0.15, 0.2) is 6.23 Å². The van der Waals surface area contributed by atoms with Gasteiger partial charge >= 0.3 is 0 Å². The Labute approximate surface area is 236 Å². The van der Waals surface area contributed by atoms with Crippen molar-refractivity contribution in [3.8, 4) is 16.9 Å². The van der Waals surface area contributed by atoms with Crippen molar-refractivity contribution in [1.82, 2.24) is 19.4 Å². The first kappa shape index (κ1) is 27.4. The van der Waals surface area contributed by atoms with Crippen LogP contribution in [0, 0.1) is 5.82 Å². The average Bonchev–Trinajstić information content (AvgIpc) is 3.49. The zero-order valence-corrected chi connectivity index (χ0v) is 23.4. The van der Waals surface area contributed by atoms with E-state index in [1.165, 1.54) is 12.1 Å². The van der Waals surface area contributed by atoms with E-state index in [0.29, 0.717) is 29.8 Å². The van der Waals surface area contributed by atoms with Crippen LogP contribution in [0.1, 0.15) is 29.8 Å². The summed E-state index contributed by atoms with van der Waals surface area (Å²) in [6, 6.07) is 21.4. The molecule has 2 heterocycles. The van der Waals surface area contributed by atoms with Gasteiger partial charge in [0.05, 0.1) is 5.69 Å². The fourth-order valence-corrected chi connectivity index (χ4v) is 5.04. The van der Waals surface area contributed by atoms with Crippen molar-refractivity contribution >= 4 is 33.1 Å². The van der Waals surface area contributed by atoms with Crippen LogP contribution in [0.2, 0.25) is 0 Å². The Hall–Kier alpha value is -3.22. The first-order chi connectivity index (χ1) is 18.8. The Bertz CT molecular complexity index is 1480. The van der Waals surface area contributed by atoms with Gasteiger partial charge in [-0.3, -0.25) is 9.35 Å². The molecule has 2 N–H and O–H groups in total. The summed E-state index contributed by atoms with van der Waals surface area (Å²) in [4.78, 5) is 14.9. The van der Waals surface area contributed by atoms with E-state index >= 15 is 0 Å². The minimum absolute atomic E-state index is 0.118. The minimum atomic E-state index is -2.07. The van der Waals surface area contributed by atoms with Crippen LogP contribution in [0.5, 0.6) is 0 Å². The highest BCUT2D eigenvalue weighted by Crippen LogP contribution is 2.37. The van der Waals surface area contributed by atoms with E-state index in [1.807, 2.05) is 54.7 Å². The number of aromatic nitrogens is 2. The number of benzene rings is 3. The molecule has 11 heteroatoms. The summed E-state index contributed by atoms with van der Waals surface area (Å²) in [5, 5.41) is 4.81. The lowest BCUT2D eigenvalue weighted by Gasteiger charge is -2.23. The van der Waals surface area contributed by atoms with Gasteiger partial charge in [-0.05, 0) is 73.0 Å². The monoisotopic (exact) mass is 612 g/mol. The Balaban J connectivity index is 1.43. The topological polar surface area (TPSA) is 96.7 Å². The van der Waals surface area contributed by atoms with Gasteiger partial charge in [-0.1, -0.05) is 40.2 Å². The lowest BCUT2D eigenvalue weighted by Crippen LogP contribution is -2.32. The van der Waals surface area contributed by atoms with Crippen LogP contribution in [0.4, 0.5) is 4.39 Å². The molecule has 3 unspecified atom stereocenters. The molecule has 1 aromatic heterocycles. The summed E-state index contributed by atoms with van der Waals surface area (Å²) in [6.07, 6.45) is 1.15. The number of rotatable bonds is 9. The number of ether oxygens (including phenoxy) is 1. The highest BCUT2D eigenvalue weighted by atomic mass is 79.9. The molecule has 39 heavy (non-hydrogen) atoms. The lowest BCUT2D eigenvalue weighted by molar-refractivity contribution is -0.130. The van der Waals surface area contributed by atoms with Gasteiger partial charge in [-0.25, -0.2) is 18.0 Å². The smallest absolute Gasteiger partial charge is 0.253 e. The molecule has 1 fully saturated rings. The molecule has 8 nitrogen and oxygen atoms in total. The van der Waals surface area contributed by atoms with E-state index in [2.05, 4.69) is 20.7 Å². The third-order valence-electron chi connectivity index (χ3n) is 6.53. The van der Waals surface area contributed by atoms with Crippen LogP contribution in [0.3, 0.4) is 0 Å². The maximum Gasteiger partial charge on any atom is 0.253 e. The van der Waals surface area contributed by atoms with E-state index in [-0.39, 0.29) is 18.3 Å². The molecule has 5 rings (SSSR count). The lowest BCUT2D eigenvalue weighted by atomic mass is 10.1. The van der Waals surface area contributed by atoms with Gasteiger partial charge in [0.2, 0.25) is 11.3 Å². The van der Waals surface area contributed by atoms with Crippen molar-refractivity contribution in [3.05, 3.63) is 106 Å². The predicted molar refractivity (Wildman–Crippen MR) is 149 cm³/mol. The van der Waals surface area contributed by atoms with E-state index in [4.69, 9.17) is 14.4 Å². The van der Waals surface area contributed by atoms with Crippen LogP contribution in [-0.4, -0.2) is 42.0 Å². The molecule has 3 atom stereocenters. The van der Waals surface area contributed by atoms with Crippen LogP contribution >= 0.6 is 15.9 Å². The maximum absolute atomic E-state index is 13.7. The Morgan fingerprint density at radius 3 is 2.38 bits per heavy atom. The normalized spacial score (nSPS) is 18.1. The summed E-state index contributed by atoms with van der Waals surface area (Å²) >= 11 is 1.38. The van der Waals surface area contributed by atoms with Crippen molar-refractivity contribution in [2.24, 2.45) is 0 Å². The van der Waals surface area contributed by atoms with Crippen molar-refractivity contribution in [2.75, 3.05) is 6.54 Å². The number of carbonyl (C=O) groups excluding carboxylic acids is 1.